The van der Waals surface area contributed by atoms with Gasteiger partial charge in [0.2, 0.25) is 0 Å². The Labute approximate surface area is 91.4 Å². The first-order valence-corrected chi connectivity index (χ1v) is 5.50. The lowest BCUT2D eigenvalue weighted by Gasteiger charge is -1.95. The van der Waals surface area contributed by atoms with E-state index in [4.69, 9.17) is 5.11 Å². The largest absolute Gasteiger partial charge is 0.502 e. The molecule has 0 amide bonds. The molecule has 14 heavy (non-hydrogen) atoms. The van der Waals surface area contributed by atoms with Crippen molar-refractivity contribution in [1.82, 2.24) is 4.37 Å². The van der Waals surface area contributed by atoms with Gasteiger partial charge in [-0.1, -0.05) is 18.2 Å². The van der Waals surface area contributed by atoms with Gasteiger partial charge in [-0.2, -0.15) is 4.37 Å². The first-order chi connectivity index (χ1) is 6.77. The molecule has 0 fully saturated rings. The summed E-state index contributed by atoms with van der Waals surface area (Å²) in [7, 11) is 0. The van der Waals surface area contributed by atoms with Crippen LogP contribution >= 0.6 is 23.8 Å². The van der Waals surface area contributed by atoms with Crippen molar-refractivity contribution in [2.75, 3.05) is 0 Å². The van der Waals surface area contributed by atoms with Gasteiger partial charge in [0.15, 0.2) is 5.05 Å². The maximum atomic E-state index is 8.93. The van der Waals surface area contributed by atoms with Gasteiger partial charge in [0.05, 0.1) is 10.4 Å². The number of hydrogen-bond acceptors (Lipinski definition) is 3. The summed E-state index contributed by atoms with van der Waals surface area (Å²) < 4.78 is 5.52. The molecule has 0 saturated carbocycles. The predicted molar refractivity (Wildman–Crippen MR) is 63.2 cm³/mol. The normalized spacial score (nSPS) is 10.6. The van der Waals surface area contributed by atoms with Crippen LogP contribution in [0.15, 0.2) is 24.3 Å². The van der Waals surface area contributed by atoms with E-state index in [9.17, 15) is 0 Å². The molecule has 2 rings (SSSR count). The molecule has 0 saturated heterocycles. The summed E-state index contributed by atoms with van der Waals surface area (Å²) in [6, 6.07) is 8.10. The van der Waals surface area contributed by atoms with E-state index >= 15 is 0 Å². The zero-order valence-corrected chi connectivity index (χ0v) is 9.07. The molecule has 0 unspecified atom stereocenters. The van der Waals surface area contributed by atoms with Gasteiger partial charge in [-0.3, -0.25) is 0 Å². The van der Waals surface area contributed by atoms with E-state index in [0.717, 1.165) is 12.1 Å². The number of benzene rings is 1. The van der Waals surface area contributed by atoms with Gasteiger partial charge < -0.3 is 5.11 Å². The van der Waals surface area contributed by atoms with Gasteiger partial charge in [-0.15, -0.1) is 0 Å². The number of thiocarbonyl (C=S) groups is 1. The van der Waals surface area contributed by atoms with Crippen molar-refractivity contribution in [2.24, 2.45) is 0 Å². The highest BCUT2D eigenvalue weighted by Crippen LogP contribution is 2.22. The second kappa shape index (κ2) is 4.02. The molecule has 0 aliphatic rings. The molecule has 0 spiro atoms. The molecule has 1 aromatic heterocycles. The van der Waals surface area contributed by atoms with Crippen LogP contribution in [-0.4, -0.2) is 14.5 Å². The van der Waals surface area contributed by atoms with Crippen LogP contribution in [0.25, 0.3) is 10.1 Å². The number of aryl methyl sites for hydroxylation is 1. The van der Waals surface area contributed by atoms with Crippen LogP contribution in [0, 0.1) is 0 Å². The number of aliphatic hydroxyl groups excluding tert-OH is 1. The van der Waals surface area contributed by atoms with Gasteiger partial charge in [0.1, 0.15) is 0 Å². The van der Waals surface area contributed by atoms with E-state index < -0.39 is 0 Å². The topological polar surface area (TPSA) is 33.1 Å². The quantitative estimate of drug-likeness (QED) is 0.812. The fourth-order valence-electron chi connectivity index (χ4n) is 1.34. The Bertz CT molecular complexity index is 464. The highest BCUT2D eigenvalue weighted by atomic mass is 32.1. The van der Waals surface area contributed by atoms with Crippen molar-refractivity contribution in [2.45, 2.75) is 12.8 Å². The number of hydrogen-bond donors (Lipinski definition) is 1. The molecule has 72 valence electrons. The summed E-state index contributed by atoms with van der Waals surface area (Å²) in [5, 5.41) is 10.2. The predicted octanol–water partition coefficient (Wildman–Crippen LogP) is 3.11. The van der Waals surface area contributed by atoms with Crippen LogP contribution in [0.1, 0.15) is 12.1 Å². The van der Waals surface area contributed by atoms with Gasteiger partial charge >= 0.3 is 0 Å². The summed E-state index contributed by atoms with van der Waals surface area (Å²) in [6.07, 6.45) is 1.24. The fraction of sp³-hybridized carbons (Fsp3) is 0.200. The Morgan fingerprint density at radius 2 is 2.21 bits per heavy atom. The summed E-state index contributed by atoms with van der Waals surface area (Å²) in [5.41, 5.74) is 1.03. The SMILES string of the molecule is OC(=S)CCc1nsc2ccccc12. The third-order valence-corrected chi connectivity index (χ3v) is 3.10. The molecule has 0 aliphatic heterocycles. The standard InChI is InChI=1S/C10H9NOS2/c12-10(13)6-5-8-7-3-1-2-4-9(7)14-11-8/h1-4H,5-6H2,(H,12,13). The first-order valence-electron chi connectivity index (χ1n) is 4.32. The van der Waals surface area contributed by atoms with Crippen LogP contribution in [0.2, 0.25) is 0 Å². The van der Waals surface area contributed by atoms with Crippen molar-refractivity contribution in [3.8, 4) is 0 Å². The van der Waals surface area contributed by atoms with Gasteiger partial charge in [0, 0.05) is 11.8 Å². The average molecular weight is 223 g/mol. The molecular weight excluding hydrogens is 214 g/mol. The van der Waals surface area contributed by atoms with Crippen LogP contribution < -0.4 is 0 Å². The Morgan fingerprint density at radius 3 is 3.00 bits per heavy atom. The number of nitrogens with zero attached hydrogens (tertiary/aromatic N) is 1. The van der Waals surface area contributed by atoms with E-state index in [1.54, 1.807) is 0 Å². The number of fused-ring (bicyclic) bond motifs is 1. The summed E-state index contributed by atoms with van der Waals surface area (Å²) in [5.74, 6) is 0. The van der Waals surface area contributed by atoms with Crippen molar-refractivity contribution >= 4 is 38.9 Å². The van der Waals surface area contributed by atoms with Crippen molar-refractivity contribution in [1.29, 1.82) is 0 Å². The van der Waals surface area contributed by atoms with Crippen molar-refractivity contribution < 1.29 is 5.11 Å². The smallest absolute Gasteiger partial charge is 0.156 e. The van der Waals surface area contributed by atoms with Crippen LogP contribution in [0.4, 0.5) is 0 Å². The van der Waals surface area contributed by atoms with Crippen LogP contribution in [0.3, 0.4) is 0 Å². The minimum Gasteiger partial charge on any atom is -0.502 e. The average Bonchev–Trinajstić information content (AvgIpc) is 2.58. The lowest BCUT2D eigenvalue weighted by molar-refractivity contribution is 0.548. The number of rotatable bonds is 3. The first kappa shape index (κ1) is 9.55. The minimum absolute atomic E-state index is 0.0575. The molecule has 1 N–H and O–H groups in total. The van der Waals surface area contributed by atoms with E-state index in [1.165, 1.54) is 21.6 Å². The Kier molecular flexibility index (Phi) is 2.74. The Hall–Kier alpha value is -1.00. The molecule has 2 aromatic rings. The van der Waals surface area contributed by atoms with E-state index in [2.05, 4.69) is 22.7 Å². The summed E-state index contributed by atoms with van der Waals surface area (Å²) in [4.78, 5) is 0. The summed E-state index contributed by atoms with van der Waals surface area (Å²) >= 11 is 6.11. The molecule has 0 bridgehead atoms. The van der Waals surface area contributed by atoms with Gasteiger partial charge in [0.25, 0.3) is 0 Å². The fourth-order valence-corrected chi connectivity index (χ4v) is 2.27. The highest BCUT2D eigenvalue weighted by molar-refractivity contribution is 7.80. The van der Waals surface area contributed by atoms with E-state index in [0.29, 0.717) is 6.42 Å². The second-order valence-corrected chi connectivity index (χ2v) is 4.30. The van der Waals surface area contributed by atoms with Gasteiger partial charge in [-0.05, 0) is 36.2 Å². The molecule has 2 nitrogen and oxygen atoms in total. The zero-order valence-electron chi connectivity index (χ0n) is 7.43. The lowest BCUT2D eigenvalue weighted by Crippen LogP contribution is -1.95. The van der Waals surface area contributed by atoms with E-state index in [1.807, 2.05) is 18.2 Å². The maximum Gasteiger partial charge on any atom is 0.156 e. The van der Waals surface area contributed by atoms with Crippen molar-refractivity contribution in [3.63, 3.8) is 0 Å². The molecule has 0 atom stereocenters. The molecule has 4 heteroatoms. The van der Waals surface area contributed by atoms with Gasteiger partial charge in [-0.25, -0.2) is 0 Å². The number of aromatic nitrogens is 1. The van der Waals surface area contributed by atoms with Crippen LogP contribution in [-0.2, 0) is 6.42 Å². The molecule has 0 radical (unpaired) electrons. The Balaban J connectivity index is 2.29. The van der Waals surface area contributed by atoms with E-state index in [-0.39, 0.29) is 5.05 Å². The zero-order chi connectivity index (χ0) is 9.97. The summed E-state index contributed by atoms with van der Waals surface area (Å²) in [6.45, 7) is 0. The lowest BCUT2D eigenvalue weighted by atomic mass is 10.1. The minimum atomic E-state index is 0.0575. The van der Waals surface area contributed by atoms with Crippen LogP contribution in [0.5, 0.6) is 0 Å². The Morgan fingerprint density at radius 1 is 1.43 bits per heavy atom. The molecular formula is C10H9NOS2. The molecule has 1 aromatic carbocycles. The third-order valence-electron chi connectivity index (χ3n) is 2.03. The maximum absolute atomic E-state index is 8.93. The van der Waals surface area contributed by atoms with Crippen molar-refractivity contribution in [3.05, 3.63) is 30.0 Å². The second-order valence-electron chi connectivity index (χ2n) is 3.02. The number of aliphatic hydroxyl groups is 1. The highest BCUT2D eigenvalue weighted by Gasteiger charge is 2.05. The molecule has 0 aliphatic carbocycles. The monoisotopic (exact) mass is 223 g/mol. The third kappa shape index (κ3) is 1.91. The molecule has 1 heterocycles.